The van der Waals surface area contributed by atoms with E-state index in [1.54, 1.807) is 0 Å². The Morgan fingerprint density at radius 2 is 1.75 bits per heavy atom. The second-order valence-electron chi connectivity index (χ2n) is 6.49. The zero-order valence-electron chi connectivity index (χ0n) is 12.5. The Balaban J connectivity index is 1.61. The van der Waals surface area contributed by atoms with E-state index in [1.807, 2.05) is 0 Å². The number of hydrogen-bond donors (Lipinski definition) is 1. The summed E-state index contributed by atoms with van der Waals surface area (Å²) in [5, 5.41) is 0. The van der Waals surface area contributed by atoms with Gasteiger partial charge in [0.1, 0.15) is 0 Å². The molecule has 3 nitrogen and oxygen atoms in total. The van der Waals surface area contributed by atoms with Crippen LogP contribution in [-0.4, -0.2) is 48.6 Å². The lowest BCUT2D eigenvalue weighted by Gasteiger charge is -2.41. The summed E-state index contributed by atoms with van der Waals surface area (Å²) < 4.78 is 0. The van der Waals surface area contributed by atoms with Crippen LogP contribution >= 0.6 is 0 Å². The SMILES string of the molecule is CC(N)C(c1ccccc1)N1CCN(CC2CC2)CC1. The third-order valence-electron chi connectivity index (χ3n) is 4.65. The molecule has 2 fully saturated rings. The maximum atomic E-state index is 6.27. The Hall–Kier alpha value is -0.900. The predicted octanol–water partition coefficient (Wildman–Crippen LogP) is 2.10. The highest BCUT2D eigenvalue weighted by atomic mass is 15.3. The van der Waals surface area contributed by atoms with Crippen molar-refractivity contribution in [2.45, 2.75) is 31.8 Å². The summed E-state index contributed by atoms with van der Waals surface area (Å²) in [6.07, 6.45) is 2.90. The molecule has 1 aromatic carbocycles. The number of benzene rings is 1. The molecule has 0 radical (unpaired) electrons. The summed E-state index contributed by atoms with van der Waals surface area (Å²) in [4.78, 5) is 5.21. The van der Waals surface area contributed by atoms with Gasteiger partial charge in [0.15, 0.2) is 0 Å². The average Bonchev–Trinajstić information content (AvgIpc) is 3.26. The van der Waals surface area contributed by atoms with E-state index in [4.69, 9.17) is 5.73 Å². The molecule has 0 amide bonds. The van der Waals surface area contributed by atoms with Gasteiger partial charge in [-0.25, -0.2) is 0 Å². The molecule has 1 saturated carbocycles. The first-order valence-corrected chi connectivity index (χ1v) is 8.01. The monoisotopic (exact) mass is 273 g/mol. The van der Waals surface area contributed by atoms with E-state index in [1.165, 1.54) is 38.0 Å². The van der Waals surface area contributed by atoms with Gasteiger partial charge in [0.05, 0.1) is 0 Å². The lowest BCUT2D eigenvalue weighted by molar-refractivity contribution is 0.0842. The minimum atomic E-state index is 0.174. The Kier molecular flexibility index (Phi) is 4.39. The van der Waals surface area contributed by atoms with E-state index in [0.717, 1.165) is 19.0 Å². The lowest BCUT2D eigenvalue weighted by atomic mass is 9.98. The van der Waals surface area contributed by atoms with Gasteiger partial charge in [0.2, 0.25) is 0 Å². The van der Waals surface area contributed by atoms with Gasteiger partial charge in [0.25, 0.3) is 0 Å². The molecule has 0 spiro atoms. The molecule has 2 N–H and O–H groups in total. The van der Waals surface area contributed by atoms with Gasteiger partial charge in [-0.3, -0.25) is 4.90 Å². The van der Waals surface area contributed by atoms with Crippen molar-refractivity contribution >= 4 is 0 Å². The second-order valence-corrected chi connectivity index (χ2v) is 6.49. The molecule has 3 heteroatoms. The molecule has 2 atom stereocenters. The molecule has 2 unspecified atom stereocenters. The average molecular weight is 273 g/mol. The molecule has 0 bridgehead atoms. The summed E-state index contributed by atoms with van der Waals surface area (Å²) in [5.74, 6) is 1.000. The van der Waals surface area contributed by atoms with Crippen LogP contribution in [-0.2, 0) is 0 Å². The maximum absolute atomic E-state index is 6.27. The topological polar surface area (TPSA) is 32.5 Å². The third kappa shape index (κ3) is 3.40. The Morgan fingerprint density at radius 3 is 2.30 bits per heavy atom. The first kappa shape index (κ1) is 14.1. The molecule has 1 aromatic rings. The summed E-state index contributed by atoms with van der Waals surface area (Å²) in [6, 6.07) is 11.3. The normalized spacial score (nSPS) is 24.5. The Bertz CT molecular complexity index is 406. The van der Waals surface area contributed by atoms with Crippen molar-refractivity contribution in [1.29, 1.82) is 0 Å². The van der Waals surface area contributed by atoms with Crippen LogP contribution in [0.2, 0.25) is 0 Å². The Morgan fingerprint density at radius 1 is 1.10 bits per heavy atom. The fourth-order valence-corrected chi connectivity index (χ4v) is 3.39. The van der Waals surface area contributed by atoms with Crippen LogP contribution in [0.25, 0.3) is 0 Å². The minimum Gasteiger partial charge on any atom is -0.326 e. The lowest BCUT2D eigenvalue weighted by Crippen LogP contribution is -2.51. The fraction of sp³-hybridized carbons (Fsp3) is 0.647. The molecule has 1 aliphatic carbocycles. The summed E-state index contributed by atoms with van der Waals surface area (Å²) >= 11 is 0. The highest BCUT2D eigenvalue weighted by Gasteiger charge is 2.30. The van der Waals surface area contributed by atoms with E-state index in [2.05, 4.69) is 47.1 Å². The largest absolute Gasteiger partial charge is 0.326 e. The van der Waals surface area contributed by atoms with Gasteiger partial charge < -0.3 is 10.6 Å². The van der Waals surface area contributed by atoms with E-state index in [0.29, 0.717) is 6.04 Å². The summed E-state index contributed by atoms with van der Waals surface area (Å²) in [7, 11) is 0. The van der Waals surface area contributed by atoms with Crippen LogP contribution in [0.1, 0.15) is 31.4 Å². The number of nitrogens with zero attached hydrogens (tertiary/aromatic N) is 2. The number of piperazine rings is 1. The van der Waals surface area contributed by atoms with Crippen molar-refractivity contribution in [3.05, 3.63) is 35.9 Å². The highest BCUT2D eigenvalue weighted by molar-refractivity contribution is 5.20. The van der Waals surface area contributed by atoms with Gasteiger partial charge in [-0.15, -0.1) is 0 Å². The van der Waals surface area contributed by atoms with Gasteiger partial charge in [-0.05, 0) is 31.2 Å². The predicted molar refractivity (Wildman–Crippen MR) is 83.6 cm³/mol. The van der Waals surface area contributed by atoms with Crippen LogP contribution in [0, 0.1) is 5.92 Å². The maximum Gasteiger partial charge on any atom is 0.0497 e. The van der Waals surface area contributed by atoms with Crippen molar-refractivity contribution in [3.63, 3.8) is 0 Å². The summed E-state index contributed by atoms with van der Waals surface area (Å²) in [6.45, 7) is 8.15. The zero-order chi connectivity index (χ0) is 13.9. The summed E-state index contributed by atoms with van der Waals surface area (Å²) in [5.41, 5.74) is 7.63. The van der Waals surface area contributed by atoms with Crippen molar-refractivity contribution in [2.24, 2.45) is 11.7 Å². The third-order valence-corrected chi connectivity index (χ3v) is 4.65. The first-order valence-electron chi connectivity index (χ1n) is 8.01. The number of rotatable bonds is 5. The smallest absolute Gasteiger partial charge is 0.0497 e. The number of nitrogens with two attached hydrogens (primary N) is 1. The molecule has 110 valence electrons. The van der Waals surface area contributed by atoms with E-state index < -0.39 is 0 Å². The van der Waals surface area contributed by atoms with Crippen LogP contribution in [0.3, 0.4) is 0 Å². The molecular weight excluding hydrogens is 246 g/mol. The minimum absolute atomic E-state index is 0.174. The van der Waals surface area contributed by atoms with Crippen molar-refractivity contribution in [2.75, 3.05) is 32.7 Å². The van der Waals surface area contributed by atoms with Gasteiger partial charge in [-0.1, -0.05) is 30.3 Å². The molecule has 3 rings (SSSR count). The Labute approximate surface area is 122 Å². The van der Waals surface area contributed by atoms with Crippen molar-refractivity contribution in [3.8, 4) is 0 Å². The quantitative estimate of drug-likeness (QED) is 0.892. The van der Waals surface area contributed by atoms with Crippen molar-refractivity contribution in [1.82, 2.24) is 9.80 Å². The molecule has 2 aliphatic rings. The second kappa shape index (κ2) is 6.25. The molecule has 0 aromatic heterocycles. The standard InChI is InChI=1S/C17H27N3/c1-14(18)17(16-5-3-2-4-6-16)20-11-9-19(10-12-20)13-15-7-8-15/h2-6,14-15,17H,7-13,18H2,1H3. The van der Waals surface area contributed by atoms with E-state index in [-0.39, 0.29) is 6.04 Å². The van der Waals surface area contributed by atoms with E-state index >= 15 is 0 Å². The van der Waals surface area contributed by atoms with Gasteiger partial charge in [-0.2, -0.15) is 0 Å². The van der Waals surface area contributed by atoms with Crippen molar-refractivity contribution < 1.29 is 0 Å². The zero-order valence-corrected chi connectivity index (χ0v) is 12.5. The van der Waals surface area contributed by atoms with Crippen LogP contribution in [0.15, 0.2) is 30.3 Å². The van der Waals surface area contributed by atoms with E-state index in [9.17, 15) is 0 Å². The van der Waals surface area contributed by atoms with Gasteiger partial charge in [0, 0.05) is 44.8 Å². The molecule has 1 aliphatic heterocycles. The first-order chi connectivity index (χ1) is 9.74. The number of hydrogen-bond acceptors (Lipinski definition) is 3. The molecule has 1 saturated heterocycles. The van der Waals surface area contributed by atoms with Crippen LogP contribution in [0.4, 0.5) is 0 Å². The fourth-order valence-electron chi connectivity index (χ4n) is 3.39. The van der Waals surface area contributed by atoms with Gasteiger partial charge >= 0.3 is 0 Å². The molecule has 1 heterocycles. The highest BCUT2D eigenvalue weighted by Crippen LogP contribution is 2.31. The molecular formula is C17H27N3. The van der Waals surface area contributed by atoms with Crippen LogP contribution in [0.5, 0.6) is 0 Å². The molecule has 20 heavy (non-hydrogen) atoms. The van der Waals surface area contributed by atoms with Crippen LogP contribution < -0.4 is 5.73 Å².